The van der Waals surface area contributed by atoms with Gasteiger partial charge in [-0.15, -0.1) is 0 Å². The van der Waals surface area contributed by atoms with Crippen molar-refractivity contribution in [3.63, 3.8) is 0 Å². The van der Waals surface area contributed by atoms with Gasteiger partial charge in [0.05, 0.1) is 16.9 Å². The number of aromatic nitrogens is 1. The third kappa shape index (κ3) is 2.73. The number of hydrogen-bond donors (Lipinski definition) is 1. The Kier molecular flexibility index (Phi) is 4.05. The molecule has 1 unspecified atom stereocenters. The molecule has 0 spiro atoms. The van der Waals surface area contributed by atoms with E-state index in [-0.39, 0.29) is 11.8 Å². The molecule has 3 nitrogen and oxygen atoms in total. The van der Waals surface area contributed by atoms with Gasteiger partial charge in [-0.3, -0.25) is 9.78 Å². The van der Waals surface area contributed by atoms with Crippen LogP contribution < -0.4 is 5.32 Å². The Balaban J connectivity index is 2.35. The molecule has 0 saturated heterocycles. The van der Waals surface area contributed by atoms with Gasteiger partial charge in [0.2, 0.25) is 0 Å². The molecular formula is C17H10F6N2O. The maximum Gasteiger partial charge on any atom is 0.420 e. The molecule has 2 heterocycles. The van der Waals surface area contributed by atoms with E-state index in [0.717, 1.165) is 24.4 Å². The number of anilines is 1. The molecule has 0 amide bonds. The highest BCUT2D eigenvalue weighted by molar-refractivity contribution is 6.11. The van der Waals surface area contributed by atoms with Crippen molar-refractivity contribution in [2.75, 3.05) is 5.32 Å². The first-order chi connectivity index (χ1) is 12.1. The number of aldehydes is 1. The molecule has 1 N–H and O–H groups in total. The Labute approximate surface area is 143 Å². The summed E-state index contributed by atoms with van der Waals surface area (Å²) < 4.78 is 81.8. The van der Waals surface area contributed by atoms with Gasteiger partial charge in [0.25, 0.3) is 0 Å². The van der Waals surface area contributed by atoms with Gasteiger partial charge in [0.15, 0.2) is 11.8 Å². The highest BCUT2D eigenvalue weighted by Crippen LogP contribution is 2.50. The number of benzene rings is 1. The van der Waals surface area contributed by atoms with E-state index >= 15 is 0 Å². The zero-order valence-corrected chi connectivity index (χ0v) is 12.8. The molecule has 1 aliphatic heterocycles. The molecule has 136 valence electrons. The number of allylic oxidation sites excluding steroid dienone is 1. The molecule has 0 bridgehead atoms. The molecule has 1 aromatic heterocycles. The number of alkyl halides is 6. The van der Waals surface area contributed by atoms with Gasteiger partial charge in [-0.1, -0.05) is 18.2 Å². The van der Waals surface area contributed by atoms with E-state index in [4.69, 9.17) is 0 Å². The molecular weight excluding hydrogens is 362 g/mol. The van der Waals surface area contributed by atoms with Crippen molar-refractivity contribution < 1.29 is 31.1 Å². The molecule has 0 aliphatic carbocycles. The van der Waals surface area contributed by atoms with Crippen LogP contribution in [0.3, 0.4) is 0 Å². The molecule has 1 aliphatic rings. The Morgan fingerprint density at radius 1 is 1.00 bits per heavy atom. The van der Waals surface area contributed by atoms with Crippen molar-refractivity contribution in [3.8, 4) is 0 Å². The molecule has 1 atom stereocenters. The lowest BCUT2D eigenvalue weighted by Gasteiger charge is -2.39. The van der Waals surface area contributed by atoms with E-state index in [0.29, 0.717) is 12.1 Å². The fourth-order valence-electron chi connectivity index (χ4n) is 2.84. The van der Waals surface area contributed by atoms with Gasteiger partial charge in [-0.05, 0) is 24.3 Å². The first kappa shape index (κ1) is 18.0. The van der Waals surface area contributed by atoms with E-state index in [2.05, 4.69) is 4.98 Å². The fraction of sp³-hybridized carbons (Fsp3) is 0.176. The summed E-state index contributed by atoms with van der Waals surface area (Å²) >= 11 is 0. The molecule has 9 heteroatoms. The summed E-state index contributed by atoms with van der Waals surface area (Å²) in [6, 6.07) is 6.51. The van der Waals surface area contributed by atoms with Crippen molar-refractivity contribution in [1.82, 2.24) is 4.98 Å². The van der Waals surface area contributed by atoms with Gasteiger partial charge >= 0.3 is 12.4 Å². The number of pyridine rings is 1. The van der Waals surface area contributed by atoms with Crippen LogP contribution in [0.1, 0.15) is 16.8 Å². The fourth-order valence-corrected chi connectivity index (χ4v) is 2.84. The minimum absolute atomic E-state index is 0.100. The lowest BCUT2D eigenvalue weighted by atomic mass is 9.83. The minimum atomic E-state index is -5.06. The summed E-state index contributed by atoms with van der Waals surface area (Å²) in [4.78, 5) is 15.0. The molecule has 0 fully saturated rings. The highest BCUT2D eigenvalue weighted by Gasteiger charge is 2.58. The summed E-state index contributed by atoms with van der Waals surface area (Å²) in [6.45, 7) is 0. The van der Waals surface area contributed by atoms with Crippen LogP contribution in [0.5, 0.6) is 0 Å². The van der Waals surface area contributed by atoms with Gasteiger partial charge < -0.3 is 5.32 Å². The number of carbonyl (C=O) groups is 1. The second kappa shape index (κ2) is 5.86. The van der Waals surface area contributed by atoms with Gasteiger partial charge in [-0.25, -0.2) is 0 Å². The van der Waals surface area contributed by atoms with Crippen LogP contribution in [0.2, 0.25) is 0 Å². The largest absolute Gasteiger partial charge is 0.420 e. The smallest absolute Gasteiger partial charge is 0.362 e. The lowest BCUT2D eigenvalue weighted by molar-refractivity contribution is -0.169. The van der Waals surface area contributed by atoms with Crippen LogP contribution in [-0.2, 0) is 16.5 Å². The van der Waals surface area contributed by atoms with E-state index in [1.54, 1.807) is 0 Å². The second-order valence-corrected chi connectivity index (χ2v) is 5.59. The monoisotopic (exact) mass is 372 g/mol. The van der Waals surface area contributed by atoms with Crippen LogP contribution in [0.25, 0.3) is 5.57 Å². The van der Waals surface area contributed by atoms with Crippen LogP contribution in [0, 0.1) is 0 Å². The maximum absolute atomic E-state index is 14.0. The predicted molar refractivity (Wildman–Crippen MR) is 81.1 cm³/mol. The van der Waals surface area contributed by atoms with Crippen molar-refractivity contribution >= 4 is 17.5 Å². The topological polar surface area (TPSA) is 42.0 Å². The summed E-state index contributed by atoms with van der Waals surface area (Å²) in [5.74, 6) is 0. The number of halogens is 6. The number of nitrogens with zero attached hydrogens (tertiary/aromatic N) is 1. The lowest BCUT2D eigenvalue weighted by Crippen LogP contribution is -2.50. The van der Waals surface area contributed by atoms with Gasteiger partial charge in [0, 0.05) is 17.3 Å². The van der Waals surface area contributed by atoms with Crippen molar-refractivity contribution in [2.24, 2.45) is 0 Å². The molecule has 0 radical (unpaired) electrons. The van der Waals surface area contributed by atoms with Crippen LogP contribution in [-0.4, -0.2) is 17.4 Å². The van der Waals surface area contributed by atoms with Gasteiger partial charge in [0.1, 0.15) is 0 Å². The Bertz CT molecular complexity index is 873. The second-order valence-electron chi connectivity index (χ2n) is 5.59. The number of hydrogen-bond acceptors (Lipinski definition) is 3. The molecule has 26 heavy (non-hydrogen) atoms. The van der Waals surface area contributed by atoms with E-state index in [1.807, 2.05) is 5.32 Å². The zero-order chi connectivity index (χ0) is 19.2. The van der Waals surface area contributed by atoms with E-state index in [1.165, 1.54) is 12.1 Å². The first-order valence-electron chi connectivity index (χ1n) is 7.25. The number of rotatable bonds is 2. The number of fused-ring (bicyclic) bond motifs is 1. The maximum atomic E-state index is 14.0. The predicted octanol–water partition coefficient (Wildman–Crippen LogP) is 4.57. The number of carbonyl (C=O) groups excluding carboxylic acids is 1. The quantitative estimate of drug-likeness (QED) is 0.621. The summed E-state index contributed by atoms with van der Waals surface area (Å²) in [5, 5.41) is 1.96. The summed E-state index contributed by atoms with van der Waals surface area (Å²) in [7, 11) is 0. The number of nitrogens with one attached hydrogen (secondary N) is 1. The van der Waals surface area contributed by atoms with Crippen molar-refractivity contribution in [3.05, 3.63) is 65.5 Å². The SMILES string of the molecule is O=CC1=CC(c2ccccn2)(C(F)(F)F)Nc2c1cccc2C(F)(F)F. The van der Waals surface area contributed by atoms with Crippen LogP contribution >= 0.6 is 0 Å². The van der Waals surface area contributed by atoms with E-state index < -0.39 is 40.4 Å². The Morgan fingerprint density at radius 2 is 1.73 bits per heavy atom. The number of para-hydroxylation sites is 1. The zero-order valence-electron chi connectivity index (χ0n) is 12.8. The summed E-state index contributed by atoms with van der Waals surface area (Å²) in [6.07, 6.45) is -8.23. The Morgan fingerprint density at radius 3 is 2.27 bits per heavy atom. The minimum Gasteiger partial charge on any atom is -0.362 e. The third-order valence-electron chi connectivity index (χ3n) is 4.02. The standard InChI is InChI=1S/C17H10F6N2O/c18-16(19,20)12-5-3-4-11-10(9-26)8-15(17(21,22)23,25-14(11)12)13-6-1-2-7-24-13/h1-9,25H. The molecule has 3 rings (SSSR count). The normalized spacial score (nSPS) is 20.0. The van der Waals surface area contributed by atoms with Crippen molar-refractivity contribution in [1.29, 1.82) is 0 Å². The van der Waals surface area contributed by atoms with Crippen LogP contribution in [0.4, 0.5) is 32.0 Å². The highest BCUT2D eigenvalue weighted by atomic mass is 19.4. The molecule has 2 aromatic rings. The third-order valence-corrected chi connectivity index (χ3v) is 4.02. The van der Waals surface area contributed by atoms with Gasteiger partial charge in [-0.2, -0.15) is 26.3 Å². The van der Waals surface area contributed by atoms with Crippen molar-refractivity contribution in [2.45, 2.75) is 17.9 Å². The average Bonchev–Trinajstić information content (AvgIpc) is 2.59. The first-order valence-corrected chi connectivity index (χ1v) is 7.25. The van der Waals surface area contributed by atoms with Crippen LogP contribution in [0.15, 0.2) is 48.7 Å². The summed E-state index contributed by atoms with van der Waals surface area (Å²) in [5.41, 5.74) is -6.52. The van der Waals surface area contributed by atoms with E-state index in [9.17, 15) is 31.1 Å². The molecule has 0 saturated carbocycles. The average molecular weight is 372 g/mol. The Hall–Kier alpha value is -2.84. The molecule has 1 aromatic carbocycles.